The first kappa shape index (κ1) is 19.2. The minimum absolute atomic E-state index is 0.408. The molecule has 2 aliphatic rings. The molecule has 0 amide bonds. The molecule has 0 N–H and O–H groups in total. The Balaban J connectivity index is 2.26. The number of esters is 1. The molecular weight excluding hydrogens is 314 g/mol. The Morgan fingerprint density at radius 3 is 2.48 bits per heavy atom. The molecule has 4 nitrogen and oxygen atoms in total. The van der Waals surface area contributed by atoms with Crippen molar-refractivity contribution in [2.24, 2.45) is 10.9 Å². The first-order valence-electron chi connectivity index (χ1n) is 9.02. The Labute approximate surface area is 151 Å². The van der Waals surface area contributed by atoms with E-state index in [0.717, 1.165) is 23.3 Å². The van der Waals surface area contributed by atoms with Gasteiger partial charge in [0.25, 0.3) is 0 Å². The fourth-order valence-electron chi connectivity index (χ4n) is 3.62. The number of rotatable bonds is 5. The summed E-state index contributed by atoms with van der Waals surface area (Å²) in [5.74, 6) is 0.781. The summed E-state index contributed by atoms with van der Waals surface area (Å²) in [6, 6.07) is 0. The van der Waals surface area contributed by atoms with E-state index < -0.39 is 5.97 Å². The standard InChI is InChI=1S/C21H29NO3/c1-15(13-16-9-7-5-6-8-10-16)14-18-19(22-2)12-11-17(20(18)24-3)21(23)25-4/h11-12,14,16H,1,5-10,13H2,2-4H3/b18-14+,22-19-. The number of ether oxygens (including phenoxy) is 2. The van der Waals surface area contributed by atoms with Crippen molar-refractivity contribution in [1.29, 1.82) is 0 Å². The Morgan fingerprint density at radius 2 is 1.92 bits per heavy atom. The Kier molecular flexibility index (Phi) is 7.23. The zero-order valence-electron chi connectivity index (χ0n) is 15.6. The number of nitrogens with zero attached hydrogens (tertiary/aromatic N) is 1. The molecule has 0 bridgehead atoms. The fourth-order valence-corrected chi connectivity index (χ4v) is 3.62. The molecule has 0 atom stereocenters. The van der Waals surface area contributed by atoms with Crippen LogP contribution in [-0.4, -0.2) is 32.9 Å². The topological polar surface area (TPSA) is 47.9 Å². The summed E-state index contributed by atoms with van der Waals surface area (Å²) in [7, 11) is 4.67. The number of methoxy groups -OCH3 is 2. The van der Waals surface area contributed by atoms with Crippen LogP contribution in [0.4, 0.5) is 0 Å². The molecule has 0 unspecified atom stereocenters. The largest absolute Gasteiger partial charge is 0.495 e. The molecule has 2 rings (SSSR count). The van der Waals surface area contributed by atoms with Gasteiger partial charge in [0.2, 0.25) is 0 Å². The number of allylic oxidation sites excluding steroid dienone is 4. The van der Waals surface area contributed by atoms with Crippen molar-refractivity contribution in [3.63, 3.8) is 0 Å². The van der Waals surface area contributed by atoms with Gasteiger partial charge >= 0.3 is 5.97 Å². The molecule has 0 aromatic rings. The average molecular weight is 343 g/mol. The molecule has 0 aromatic heterocycles. The van der Waals surface area contributed by atoms with Gasteiger partial charge in [-0.15, -0.1) is 0 Å². The quantitative estimate of drug-likeness (QED) is 0.544. The van der Waals surface area contributed by atoms with E-state index in [1.807, 2.05) is 12.2 Å². The number of hydrogen-bond acceptors (Lipinski definition) is 4. The third kappa shape index (κ3) is 4.94. The number of carbonyl (C=O) groups is 1. The van der Waals surface area contributed by atoms with Gasteiger partial charge in [0.1, 0.15) is 11.3 Å². The van der Waals surface area contributed by atoms with Crippen LogP contribution in [0.5, 0.6) is 0 Å². The third-order valence-electron chi connectivity index (χ3n) is 4.90. The Morgan fingerprint density at radius 1 is 1.24 bits per heavy atom. The molecule has 2 aliphatic carbocycles. The lowest BCUT2D eigenvalue weighted by Gasteiger charge is -2.20. The lowest BCUT2D eigenvalue weighted by Crippen LogP contribution is -2.17. The van der Waals surface area contributed by atoms with Gasteiger partial charge in [0.05, 0.1) is 19.9 Å². The van der Waals surface area contributed by atoms with Crippen LogP contribution in [0.15, 0.2) is 52.3 Å². The van der Waals surface area contributed by atoms with Gasteiger partial charge in [-0.2, -0.15) is 0 Å². The third-order valence-corrected chi connectivity index (χ3v) is 4.90. The molecule has 25 heavy (non-hydrogen) atoms. The van der Waals surface area contributed by atoms with Crippen molar-refractivity contribution in [1.82, 2.24) is 0 Å². The highest BCUT2D eigenvalue weighted by molar-refractivity contribution is 6.15. The maximum atomic E-state index is 12.0. The lowest BCUT2D eigenvalue weighted by atomic mass is 9.90. The van der Waals surface area contributed by atoms with Crippen molar-refractivity contribution >= 4 is 11.7 Å². The highest BCUT2D eigenvalue weighted by Gasteiger charge is 2.24. The average Bonchev–Trinajstić information content (AvgIpc) is 2.89. The highest BCUT2D eigenvalue weighted by atomic mass is 16.5. The molecule has 0 heterocycles. The van der Waals surface area contributed by atoms with Gasteiger partial charge < -0.3 is 9.47 Å². The zero-order valence-corrected chi connectivity index (χ0v) is 15.6. The molecule has 0 aromatic carbocycles. The molecule has 1 saturated carbocycles. The smallest absolute Gasteiger partial charge is 0.341 e. The van der Waals surface area contributed by atoms with Crippen LogP contribution in [0, 0.1) is 5.92 Å². The molecule has 0 radical (unpaired) electrons. The van der Waals surface area contributed by atoms with Crippen LogP contribution in [-0.2, 0) is 14.3 Å². The normalized spacial score (nSPS) is 22.2. The van der Waals surface area contributed by atoms with E-state index in [2.05, 4.69) is 11.6 Å². The van der Waals surface area contributed by atoms with Crippen molar-refractivity contribution in [2.45, 2.75) is 44.9 Å². The van der Waals surface area contributed by atoms with E-state index in [1.54, 1.807) is 20.2 Å². The molecule has 136 valence electrons. The second-order valence-corrected chi connectivity index (χ2v) is 6.66. The fraction of sp³-hybridized carbons (Fsp3) is 0.524. The van der Waals surface area contributed by atoms with Crippen LogP contribution in [0.3, 0.4) is 0 Å². The summed E-state index contributed by atoms with van der Waals surface area (Å²) in [5.41, 5.74) is 3.04. The van der Waals surface area contributed by atoms with E-state index >= 15 is 0 Å². The van der Waals surface area contributed by atoms with Gasteiger partial charge in [0.15, 0.2) is 0 Å². The minimum atomic E-state index is -0.413. The minimum Gasteiger partial charge on any atom is -0.495 e. The number of hydrogen-bond donors (Lipinski definition) is 0. The van der Waals surface area contributed by atoms with Crippen LogP contribution < -0.4 is 0 Å². The first-order chi connectivity index (χ1) is 12.1. The van der Waals surface area contributed by atoms with Crippen molar-refractivity contribution in [3.8, 4) is 0 Å². The maximum absolute atomic E-state index is 12.0. The van der Waals surface area contributed by atoms with Crippen molar-refractivity contribution in [2.75, 3.05) is 21.3 Å². The van der Waals surface area contributed by atoms with E-state index in [-0.39, 0.29) is 0 Å². The van der Waals surface area contributed by atoms with E-state index in [0.29, 0.717) is 17.3 Å². The summed E-state index contributed by atoms with van der Waals surface area (Å²) in [4.78, 5) is 16.3. The summed E-state index contributed by atoms with van der Waals surface area (Å²) >= 11 is 0. The monoisotopic (exact) mass is 343 g/mol. The van der Waals surface area contributed by atoms with Crippen LogP contribution >= 0.6 is 0 Å². The second-order valence-electron chi connectivity index (χ2n) is 6.66. The van der Waals surface area contributed by atoms with Gasteiger partial charge in [-0.1, -0.05) is 50.7 Å². The second kappa shape index (κ2) is 9.40. The SMILES string of the molecule is C=C(/C=C1/C(OC)=C(C(=O)OC)C=C/C1=N/C)CC1CCCCCC1. The molecule has 1 fully saturated rings. The molecule has 0 spiro atoms. The van der Waals surface area contributed by atoms with Crippen molar-refractivity contribution < 1.29 is 14.3 Å². The predicted molar refractivity (Wildman–Crippen MR) is 102 cm³/mol. The maximum Gasteiger partial charge on any atom is 0.341 e. The predicted octanol–water partition coefficient (Wildman–Crippen LogP) is 4.54. The summed E-state index contributed by atoms with van der Waals surface area (Å²) in [5, 5.41) is 0. The Hall–Kier alpha value is -2.10. The van der Waals surface area contributed by atoms with E-state index in [4.69, 9.17) is 9.47 Å². The van der Waals surface area contributed by atoms with Crippen LogP contribution in [0.2, 0.25) is 0 Å². The highest BCUT2D eigenvalue weighted by Crippen LogP contribution is 2.30. The van der Waals surface area contributed by atoms with Gasteiger partial charge in [-0.25, -0.2) is 4.79 Å². The summed E-state index contributed by atoms with van der Waals surface area (Å²) in [6.07, 6.45) is 14.4. The molecule has 0 aliphatic heterocycles. The number of aliphatic imine (C=N–C) groups is 1. The van der Waals surface area contributed by atoms with Gasteiger partial charge in [-0.3, -0.25) is 4.99 Å². The lowest BCUT2D eigenvalue weighted by molar-refractivity contribution is -0.135. The van der Waals surface area contributed by atoms with Crippen LogP contribution in [0.1, 0.15) is 44.9 Å². The number of carbonyl (C=O) groups excluding carboxylic acids is 1. The zero-order chi connectivity index (χ0) is 18.2. The first-order valence-corrected chi connectivity index (χ1v) is 9.02. The van der Waals surface area contributed by atoms with E-state index in [1.165, 1.54) is 45.6 Å². The van der Waals surface area contributed by atoms with E-state index in [9.17, 15) is 4.79 Å². The van der Waals surface area contributed by atoms with Gasteiger partial charge in [0, 0.05) is 12.6 Å². The van der Waals surface area contributed by atoms with Gasteiger partial charge in [-0.05, 0) is 30.6 Å². The molecule has 4 heteroatoms. The summed E-state index contributed by atoms with van der Waals surface area (Å²) in [6.45, 7) is 4.25. The molecule has 0 saturated heterocycles. The summed E-state index contributed by atoms with van der Waals surface area (Å²) < 4.78 is 10.4. The van der Waals surface area contributed by atoms with Crippen LogP contribution in [0.25, 0.3) is 0 Å². The Bertz CT molecular complexity index is 630. The molecular formula is C21H29NO3. The van der Waals surface area contributed by atoms with Crippen molar-refractivity contribution in [3.05, 3.63) is 47.3 Å².